The fourth-order valence-corrected chi connectivity index (χ4v) is 7.82. The zero-order chi connectivity index (χ0) is 37.3. The van der Waals surface area contributed by atoms with Crippen molar-refractivity contribution in [2.45, 2.75) is 72.6 Å². The van der Waals surface area contributed by atoms with Crippen molar-refractivity contribution in [1.29, 1.82) is 0 Å². The molecule has 1 aliphatic rings. The van der Waals surface area contributed by atoms with Crippen LogP contribution in [0.25, 0.3) is 66.5 Å². The van der Waals surface area contributed by atoms with Crippen LogP contribution in [0.15, 0.2) is 119 Å². The summed E-state index contributed by atoms with van der Waals surface area (Å²) in [6.07, 6.45) is 4.91. The summed E-state index contributed by atoms with van der Waals surface area (Å²) >= 11 is 0. The molecule has 1 aliphatic carbocycles. The molecule has 1 N–H and O–H groups in total. The fraction of sp³-hybridized carbons (Fsp3) is 0.271. The maximum Gasteiger partial charge on any atom is 0.162 e. The number of aromatic nitrogens is 2. The van der Waals surface area contributed by atoms with E-state index >= 15 is 0 Å². The number of para-hydroxylation sites is 2. The van der Waals surface area contributed by atoms with Crippen LogP contribution < -0.4 is 0 Å². The second-order valence-corrected chi connectivity index (χ2v) is 14.5. The number of allylic oxidation sites excluding steroid dienone is 2. The van der Waals surface area contributed by atoms with Crippen LogP contribution in [0.3, 0.4) is 0 Å². The van der Waals surface area contributed by atoms with E-state index in [-0.39, 0.29) is 43.5 Å². The maximum atomic E-state index is 11.7. The first-order valence-electron chi connectivity index (χ1n) is 19.0. The molecule has 0 saturated heterocycles. The van der Waals surface area contributed by atoms with Crippen LogP contribution >= 0.6 is 0 Å². The van der Waals surface area contributed by atoms with E-state index in [1.807, 2.05) is 64.1 Å². The Morgan fingerprint density at radius 3 is 1.85 bits per heavy atom. The molecule has 54 heavy (non-hydrogen) atoms. The van der Waals surface area contributed by atoms with Gasteiger partial charge in [-0.25, -0.2) is 0 Å². The van der Waals surface area contributed by atoms with E-state index in [0.717, 1.165) is 97.9 Å². The molecule has 0 spiro atoms. The first-order valence-corrected chi connectivity index (χ1v) is 19.0. The van der Waals surface area contributed by atoms with E-state index < -0.39 is 5.41 Å². The molecule has 0 fully saturated rings. The van der Waals surface area contributed by atoms with Gasteiger partial charge in [0, 0.05) is 60.4 Å². The Bertz CT molecular complexity index is 2460. The summed E-state index contributed by atoms with van der Waals surface area (Å²) in [7, 11) is 0. The quantitative estimate of drug-likeness (QED) is 0.0888. The van der Waals surface area contributed by atoms with Crippen LogP contribution in [0.4, 0.5) is 0 Å². The number of aliphatic hydroxyl groups excluding tert-OH is 1. The summed E-state index contributed by atoms with van der Waals surface area (Å²) < 4.78 is 6.91. The molecule has 0 saturated carbocycles. The second kappa shape index (κ2) is 16.2. The number of carbonyl (C=O) groups excluding carboxylic acids is 1. The van der Waals surface area contributed by atoms with Crippen molar-refractivity contribution in [2.24, 2.45) is 11.8 Å². The topological polar surface area (TPSA) is 76.2 Å². The molecule has 0 unspecified atom stereocenters. The average molecular weight is 892 g/mol. The van der Waals surface area contributed by atoms with Gasteiger partial charge in [0.15, 0.2) is 5.78 Å². The van der Waals surface area contributed by atoms with E-state index in [9.17, 15) is 9.90 Å². The van der Waals surface area contributed by atoms with Gasteiger partial charge < -0.3 is 9.52 Å². The molecule has 8 rings (SSSR count). The smallest absolute Gasteiger partial charge is 0.162 e. The van der Waals surface area contributed by atoms with Gasteiger partial charge in [-0.3, -0.25) is 14.8 Å². The Morgan fingerprint density at radius 1 is 0.722 bits per heavy atom. The summed E-state index contributed by atoms with van der Waals surface area (Å²) in [5.74, 6) is 0.547. The number of aliphatic hydroxyl groups is 1. The Hall–Kier alpha value is -4.90. The monoisotopic (exact) mass is 892 g/mol. The molecule has 0 aliphatic heterocycles. The van der Waals surface area contributed by atoms with Crippen LogP contribution in [-0.2, 0) is 30.3 Å². The second-order valence-electron chi connectivity index (χ2n) is 14.5. The third-order valence-corrected chi connectivity index (χ3v) is 11.0. The summed E-state index contributed by atoms with van der Waals surface area (Å²) in [5.41, 5.74) is 11.5. The molecule has 6 heteroatoms. The molecule has 277 valence electrons. The van der Waals surface area contributed by atoms with Crippen molar-refractivity contribution in [3.8, 4) is 33.5 Å². The Kier molecular flexibility index (Phi) is 11.7. The first-order chi connectivity index (χ1) is 25.7. The number of fused-ring (bicyclic) bond motifs is 3. The van der Waals surface area contributed by atoms with Crippen LogP contribution in [0.1, 0.15) is 78.5 Å². The van der Waals surface area contributed by atoms with Gasteiger partial charge in [0.2, 0.25) is 0 Å². The minimum atomic E-state index is -0.406. The predicted octanol–water partition coefficient (Wildman–Crippen LogP) is 12.8. The van der Waals surface area contributed by atoms with Crippen molar-refractivity contribution >= 4 is 38.8 Å². The van der Waals surface area contributed by atoms with Crippen molar-refractivity contribution in [2.75, 3.05) is 0 Å². The fourth-order valence-electron chi connectivity index (χ4n) is 7.82. The third-order valence-electron chi connectivity index (χ3n) is 11.0. The van der Waals surface area contributed by atoms with E-state index in [1.165, 1.54) is 11.6 Å². The summed E-state index contributed by atoms with van der Waals surface area (Å²) in [5, 5.41) is 11.9. The minimum Gasteiger partial charge on any atom is -0.512 e. The summed E-state index contributed by atoms with van der Waals surface area (Å²) in [4.78, 5) is 22.1. The molecule has 1 radical (unpaired) electrons. The average Bonchev–Trinajstić information content (AvgIpc) is 3.56. The molecule has 0 atom stereocenters. The number of nitrogens with zero attached hydrogens (tertiary/aromatic N) is 2. The van der Waals surface area contributed by atoms with Crippen LogP contribution in [0, 0.1) is 17.9 Å². The minimum absolute atomic E-state index is 0. The van der Waals surface area contributed by atoms with Crippen molar-refractivity contribution in [3.63, 3.8) is 0 Å². The van der Waals surface area contributed by atoms with Gasteiger partial charge in [-0.2, -0.15) is 0 Å². The van der Waals surface area contributed by atoms with Gasteiger partial charge in [-0.15, -0.1) is 17.7 Å². The zero-order valence-electron chi connectivity index (χ0n) is 31.9. The summed E-state index contributed by atoms with van der Waals surface area (Å²) in [6.45, 7) is 12.6. The first kappa shape index (κ1) is 38.8. The maximum absolute atomic E-state index is 11.7. The van der Waals surface area contributed by atoms with E-state index in [2.05, 4.69) is 86.6 Å². The van der Waals surface area contributed by atoms with E-state index in [0.29, 0.717) is 0 Å². The Morgan fingerprint density at radius 2 is 1.26 bits per heavy atom. The summed E-state index contributed by atoms with van der Waals surface area (Å²) in [6, 6.07) is 39.1. The molecule has 0 bridgehead atoms. The van der Waals surface area contributed by atoms with Gasteiger partial charge in [0.1, 0.15) is 5.58 Å². The number of rotatable bonds is 9. The van der Waals surface area contributed by atoms with Gasteiger partial charge >= 0.3 is 0 Å². The molecule has 7 aromatic rings. The van der Waals surface area contributed by atoms with Crippen LogP contribution in [-0.4, -0.2) is 20.9 Å². The van der Waals surface area contributed by atoms with Gasteiger partial charge in [-0.1, -0.05) is 143 Å². The van der Waals surface area contributed by atoms with Crippen molar-refractivity contribution < 1.29 is 34.4 Å². The van der Waals surface area contributed by atoms with E-state index in [1.54, 1.807) is 0 Å². The van der Waals surface area contributed by atoms with Gasteiger partial charge in [0.25, 0.3) is 0 Å². The SMILES string of the molecule is CC1(C)c2nc3ccccc3nc2-c2[c-]cc(-c3ccccc3)c3oc4c(-c5ccccc5)ccc1c4c23.CCC(CC)C(=O)/C=C(\O)C(CC)CC.[Ir]. The molecule has 2 heterocycles. The molecule has 5 nitrogen and oxygen atoms in total. The van der Waals surface area contributed by atoms with Gasteiger partial charge in [-0.05, 0) is 54.3 Å². The Labute approximate surface area is 331 Å². The Balaban J connectivity index is 0.000000267. The number of ketones is 1. The number of carbonyl (C=O) groups is 1. The number of benzene rings is 5. The zero-order valence-corrected chi connectivity index (χ0v) is 34.3. The largest absolute Gasteiger partial charge is 0.512 e. The third kappa shape index (κ3) is 6.94. The predicted molar refractivity (Wildman–Crippen MR) is 218 cm³/mol. The molecule has 0 amide bonds. The normalized spacial score (nSPS) is 13.1. The molecule has 5 aromatic carbocycles. The van der Waals surface area contributed by atoms with Crippen molar-refractivity contribution in [3.05, 3.63) is 132 Å². The number of furan rings is 1. The van der Waals surface area contributed by atoms with Crippen molar-refractivity contribution in [1.82, 2.24) is 9.97 Å². The molecular weight excluding hydrogens is 845 g/mol. The van der Waals surface area contributed by atoms with Crippen LogP contribution in [0.2, 0.25) is 0 Å². The van der Waals surface area contributed by atoms with Crippen LogP contribution in [0.5, 0.6) is 0 Å². The number of hydrogen-bond acceptors (Lipinski definition) is 5. The van der Waals surface area contributed by atoms with Gasteiger partial charge in [0.05, 0.1) is 22.4 Å². The molecular formula is C48H47IrN2O3-. The van der Waals surface area contributed by atoms with E-state index in [4.69, 9.17) is 14.4 Å². The standard InChI is InChI=1S/C35H23N2O.C13H24O2.Ir/c1-35(2)26-20-19-24(22-13-7-4-8-14-22)33-30(26)29-25(31-34(35)37-28-16-10-9-15-27(28)36-31)18-17-23(32(29)38-33)21-11-5-3-6-12-21;1-5-10(6-2)12(14)9-13(15)11(7-3)8-4;/h3-17,19-20H,1-2H3;9-11,14H,5-8H2,1-4H3;/q-1;;/b;12-9-;. The molecule has 2 aromatic heterocycles. The number of hydrogen-bond donors (Lipinski definition) is 1.